The average Bonchev–Trinajstić information content (AvgIpc) is 3.43. The Hall–Kier alpha value is -3.86. The number of aliphatic hydroxyl groups is 1. The first-order chi connectivity index (χ1) is 38.2. The lowest BCUT2D eigenvalue weighted by Gasteiger charge is -2.21. The largest absolute Gasteiger partial charge is 0.472 e. The molecule has 0 spiro atoms. The highest BCUT2D eigenvalue weighted by atomic mass is 31.2. The van der Waals surface area contributed by atoms with E-state index in [0.29, 0.717) is 19.3 Å². The van der Waals surface area contributed by atoms with E-state index < -0.39 is 57.8 Å². The van der Waals surface area contributed by atoms with Crippen molar-refractivity contribution in [2.75, 3.05) is 26.4 Å². The van der Waals surface area contributed by atoms with Crippen molar-refractivity contribution in [1.29, 1.82) is 0 Å². The molecule has 0 aromatic rings. The van der Waals surface area contributed by atoms with E-state index >= 15 is 0 Å². The van der Waals surface area contributed by atoms with Gasteiger partial charge in [-0.3, -0.25) is 23.4 Å². The summed E-state index contributed by atoms with van der Waals surface area (Å²) in [6, 6.07) is 0. The van der Waals surface area contributed by atoms with E-state index in [1.54, 1.807) is 0 Å². The normalized spacial score (nSPS) is 14.1. The van der Waals surface area contributed by atoms with Crippen LogP contribution >= 0.6 is 7.82 Å². The summed E-state index contributed by atoms with van der Waals surface area (Å²) in [6.45, 7) is 4.32. The number of carbonyl (C=O) groups excluding carboxylic acids is 3. The van der Waals surface area contributed by atoms with E-state index in [1.165, 1.54) is 96.3 Å². The molecule has 12 heteroatoms. The van der Waals surface area contributed by atoms with Crippen LogP contribution in [-0.4, -0.2) is 66.5 Å². The van der Waals surface area contributed by atoms with E-state index in [2.05, 4.69) is 118 Å². The van der Waals surface area contributed by atoms with E-state index in [1.807, 2.05) is 12.2 Å². The standard InChI is InChI=1S/C66H111O11P/c1-4-7-10-13-16-19-22-25-27-29-31-33-35-38-40-43-46-49-52-55-64(68)73-59-63(77-66(70)57-54-51-48-45-42-39-36-34-32-30-28-26-23-20-17-14-11-8-5-2)61-75-78(71,72)74-60-62(58-67)76-65(69)56-53-50-47-44-41-37-24-21-18-15-12-9-6-3/h7,9-10,12,16,18-19,21,25,27,31,33,37-38,40-41,46,49,62-63,67H,4-6,8,11,13-15,17,20,22-24,26,28-30,32,34-36,39,42-45,47-48,50-61H2,1-3H3,(H,71,72)/b10-7-,12-9-,19-16-,21-18-,27-25-,33-31-,40-38-,41-37-,49-46-. The molecule has 0 bridgehead atoms. The molecule has 0 aliphatic heterocycles. The maximum absolute atomic E-state index is 12.9. The van der Waals surface area contributed by atoms with Crippen LogP contribution in [-0.2, 0) is 42.2 Å². The number of rotatable bonds is 56. The van der Waals surface area contributed by atoms with Crippen molar-refractivity contribution < 1.29 is 52.2 Å². The second kappa shape index (κ2) is 59.3. The number of carbonyl (C=O) groups is 3. The fourth-order valence-corrected chi connectivity index (χ4v) is 8.89. The van der Waals surface area contributed by atoms with Crippen LogP contribution in [0.2, 0.25) is 0 Å². The molecule has 2 N–H and O–H groups in total. The minimum Gasteiger partial charge on any atom is -0.462 e. The molecule has 0 amide bonds. The van der Waals surface area contributed by atoms with Gasteiger partial charge in [-0.25, -0.2) is 4.57 Å². The Labute approximate surface area is 475 Å². The summed E-state index contributed by atoms with van der Waals surface area (Å²) in [7, 11) is -4.78. The Kier molecular flexibility index (Phi) is 56.3. The summed E-state index contributed by atoms with van der Waals surface area (Å²) in [5.41, 5.74) is 0. The minimum atomic E-state index is -4.78. The quantitative estimate of drug-likeness (QED) is 0.0197. The topological polar surface area (TPSA) is 155 Å². The third-order valence-electron chi connectivity index (χ3n) is 12.7. The van der Waals surface area contributed by atoms with E-state index in [4.69, 9.17) is 23.3 Å². The van der Waals surface area contributed by atoms with Crippen LogP contribution in [0.15, 0.2) is 109 Å². The Morgan fingerprint density at radius 1 is 0.372 bits per heavy atom. The zero-order valence-electron chi connectivity index (χ0n) is 49.3. The van der Waals surface area contributed by atoms with Crippen LogP contribution in [0.4, 0.5) is 0 Å². The van der Waals surface area contributed by atoms with Crippen molar-refractivity contribution >= 4 is 25.7 Å². The number of hydrogen-bond acceptors (Lipinski definition) is 10. The number of hydrogen-bond donors (Lipinski definition) is 2. The lowest BCUT2D eigenvalue weighted by Crippen LogP contribution is -2.30. The van der Waals surface area contributed by atoms with Gasteiger partial charge >= 0.3 is 25.7 Å². The van der Waals surface area contributed by atoms with Gasteiger partial charge in [-0.05, 0) is 89.9 Å². The van der Waals surface area contributed by atoms with Crippen LogP contribution in [0.25, 0.3) is 0 Å². The van der Waals surface area contributed by atoms with E-state index in [-0.39, 0.29) is 25.9 Å². The van der Waals surface area contributed by atoms with Crippen molar-refractivity contribution in [3.8, 4) is 0 Å². The molecule has 3 unspecified atom stereocenters. The van der Waals surface area contributed by atoms with Gasteiger partial charge in [0.2, 0.25) is 0 Å². The summed E-state index contributed by atoms with van der Waals surface area (Å²) >= 11 is 0. The lowest BCUT2D eigenvalue weighted by molar-refractivity contribution is -0.161. The molecule has 0 aromatic heterocycles. The fraction of sp³-hybridized carbons (Fsp3) is 0.682. The molecule has 0 aliphatic rings. The molecule has 0 saturated heterocycles. The highest BCUT2D eigenvalue weighted by molar-refractivity contribution is 7.47. The number of ether oxygens (including phenoxy) is 3. The average molecular weight is 1110 g/mol. The van der Waals surface area contributed by atoms with Crippen LogP contribution in [0, 0.1) is 0 Å². The second-order valence-electron chi connectivity index (χ2n) is 20.1. The molecular weight excluding hydrogens is 1000 g/mol. The number of aliphatic hydroxyl groups excluding tert-OH is 1. The van der Waals surface area contributed by atoms with Crippen LogP contribution in [0.3, 0.4) is 0 Å². The Morgan fingerprint density at radius 3 is 1.08 bits per heavy atom. The summed E-state index contributed by atoms with van der Waals surface area (Å²) < 4.78 is 39.5. The van der Waals surface area contributed by atoms with Gasteiger partial charge in [-0.2, -0.15) is 0 Å². The van der Waals surface area contributed by atoms with Crippen molar-refractivity contribution in [3.05, 3.63) is 109 Å². The maximum Gasteiger partial charge on any atom is 0.472 e. The summed E-state index contributed by atoms with van der Waals surface area (Å²) in [5, 5.41) is 9.82. The molecule has 0 fully saturated rings. The molecule has 0 heterocycles. The number of unbranched alkanes of at least 4 members (excludes halogenated alkanes) is 21. The predicted octanol–water partition coefficient (Wildman–Crippen LogP) is 18.6. The summed E-state index contributed by atoms with van der Waals surface area (Å²) in [5.74, 6) is -1.60. The second-order valence-corrected chi connectivity index (χ2v) is 21.6. The number of esters is 3. The molecule has 0 saturated carbocycles. The first-order valence-electron chi connectivity index (χ1n) is 30.8. The van der Waals surface area contributed by atoms with Crippen molar-refractivity contribution in [1.82, 2.24) is 0 Å². The van der Waals surface area contributed by atoms with Gasteiger partial charge in [0.1, 0.15) is 12.7 Å². The molecule has 3 atom stereocenters. The molecule has 11 nitrogen and oxygen atoms in total. The Balaban J connectivity index is 4.83. The molecule has 0 rings (SSSR count). The van der Waals surface area contributed by atoms with Gasteiger partial charge in [-0.1, -0.05) is 252 Å². The highest BCUT2D eigenvalue weighted by Crippen LogP contribution is 2.43. The smallest absolute Gasteiger partial charge is 0.462 e. The third kappa shape index (κ3) is 56.8. The van der Waals surface area contributed by atoms with Crippen LogP contribution in [0.5, 0.6) is 0 Å². The van der Waals surface area contributed by atoms with E-state index in [9.17, 15) is 28.9 Å². The van der Waals surface area contributed by atoms with Gasteiger partial charge in [0.05, 0.1) is 19.8 Å². The molecule has 78 heavy (non-hydrogen) atoms. The van der Waals surface area contributed by atoms with Crippen LogP contribution < -0.4 is 0 Å². The van der Waals surface area contributed by atoms with Crippen molar-refractivity contribution in [2.24, 2.45) is 0 Å². The third-order valence-corrected chi connectivity index (χ3v) is 13.7. The van der Waals surface area contributed by atoms with E-state index in [0.717, 1.165) is 96.3 Å². The molecule has 0 aliphatic carbocycles. The van der Waals surface area contributed by atoms with Gasteiger partial charge in [0.15, 0.2) is 6.10 Å². The SMILES string of the molecule is CC/C=C\C/C=C\C/C=C\C/C=C\C/C=C\C/C=C\CCC(=O)OCC(COP(=O)(O)OCC(CO)OC(=O)CCCCC/C=C\C/C=C\C/C=C\CC)OC(=O)CCCCCCCCCCCCCCCCCCCCC. The van der Waals surface area contributed by atoms with Crippen molar-refractivity contribution in [2.45, 2.75) is 264 Å². The van der Waals surface area contributed by atoms with Gasteiger partial charge in [0.25, 0.3) is 0 Å². The molecule has 446 valence electrons. The predicted molar refractivity (Wildman–Crippen MR) is 325 cm³/mol. The Bertz CT molecular complexity index is 1720. The molecule has 0 aromatic carbocycles. The van der Waals surface area contributed by atoms with Gasteiger partial charge in [-0.15, -0.1) is 0 Å². The summed E-state index contributed by atoms with van der Waals surface area (Å²) in [6.07, 6.45) is 72.1. The first kappa shape index (κ1) is 74.1. The van der Waals surface area contributed by atoms with Crippen molar-refractivity contribution in [3.63, 3.8) is 0 Å². The number of phosphoric ester groups is 1. The first-order valence-corrected chi connectivity index (χ1v) is 32.3. The monoisotopic (exact) mass is 1110 g/mol. The zero-order chi connectivity index (χ0) is 56.9. The highest BCUT2D eigenvalue weighted by Gasteiger charge is 2.28. The molecule has 0 radical (unpaired) electrons. The number of phosphoric acid groups is 1. The zero-order valence-corrected chi connectivity index (χ0v) is 50.2. The molecular formula is C66H111O11P. The lowest BCUT2D eigenvalue weighted by atomic mass is 10.0. The van der Waals surface area contributed by atoms with Gasteiger partial charge in [0, 0.05) is 19.3 Å². The minimum absolute atomic E-state index is 0.0963. The van der Waals surface area contributed by atoms with Gasteiger partial charge < -0.3 is 24.2 Å². The van der Waals surface area contributed by atoms with Crippen LogP contribution in [0.1, 0.15) is 252 Å². The fourth-order valence-electron chi connectivity index (χ4n) is 8.10. The summed E-state index contributed by atoms with van der Waals surface area (Å²) in [4.78, 5) is 48.6. The maximum atomic E-state index is 12.9. The number of allylic oxidation sites excluding steroid dienone is 18. The Morgan fingerprint density at radius 2 is 0.692 bits per heavy atom.